The van der Waals surface area contributed by atoms with Gasteiger partial charge in [-0.2, -0.15) is 13.2 Å². The summed E-state index contributed by atoms with van der Waals surface area (Å²) in [4.78, 5) is 26.1. The van der Waals surface area contributed by atoms with E-state index in [-0.39, 0.29) is 5.02 Å². The molecule has 1 fully saturated rings. The number of anilines is 2. The molecule has 2 aromatic carbocycles. The Kier molecular flexibility index (Phi) is 6.77. The van der Waals surface area contributed by atoms with Crippen LogP contribution in [0.5, 0.6) is 5.75 Å². The predicted molar refractivity (Wildman–Crippen MR) is 107 cm³/mol. The van der Waals surface area contributed by atoms with E-state index in [0.29, 0.717) is 26.1 Å². The number of para-hydroxylation sites is 1. The second-order valence-electron chi connectivity index (χ2n) is 6.95. The number of carbonyl (C=O) groups excluding carboxylic acids is 2. The highest BCUT2D eigenvalue weighted by Gasteiger charge is 2.39. The Labute approximate surface area is 184 Å². The molecule has 0 bridgehead atoms. The van der Waals surface area contributed by atoms with Gasteiger partial charge in [0.25, 0.3) is 5.91 Å². The van der Waals surface area contributed by atoms with Crippen LogP contribution in [0.1, 0.15) is 23.7 Å². The third kappa shape index (κ3) is 5.21. The first kappa shape index (κ1) is 23.6. The van der Waals surface area contributed by atoms with Crippen molar-refractivity contribution in [3.63, 3.8) is 0 Å². The average Bonchev–Trinajstić information content (AvgIpc) is 2.64. The molecule has 3 rings (SSSR count). The highest BCUT2D eigenvalue weighted by Crippen LogP contribution is 2.33. The molecule has 2 N–H and O–H groups in total. The minimum absolute atomic E-state index is 0.177. The lowest BCUT2D eigenvalue weighted by molar-refractivity contribution is -0.189. The van der Waals surface area contributed by atoms with E-state index < -0.39 is 58.5 Å². The van der Waals surface area contributed by atoms with Crippen molar-refractivity contribution in [2.45, 2.75) is 25.6 Å². The molecular formula is C20H17ClF5N3O3. The van der Waals surface area contributed by atoms with Gasteiger partial charge in [0.2, 0.25) is 0 Å². The molecule has 172 valence electrons. The summed E-state index contributed by atoms with van der Waals surface area (Å²) in [6.07, 6.45) is -6.39. The molecule has 0 saturated carbocycles. The summed E-state index contributed by atoms with van der Waals surface area (Å²) < 4.78 is 72.5. The van der Waals surface area contributed by atoms with E-state index in [9.17, 15) is 31.5 Å². The minimum Gasteiger partial charge on any atom is -0.480 e. The van der Waals surface area contributed by atoms with Crippen LogP contribution < -0.4 is 15.4 Å². The number of hydrogen-bond acceptors (Lipinski definition) is 3. The molecule has 0 aromatic heterocycles. The van der Waals surface area contributed by atoms with Crippen molar-refractivity contribution in [3.8, 4) is 5.75 Å². The molecule has 32 heavy (non-hydrogen) atoms. The Morgan fingerprint density at radius 3 is 2.38 bits per heavy atom. The second-order valence-corrected chi connectivity index (χ2v) is 7.36. The predicted octanol–water partition coefficient (Wildman–Crippen LogP) is 5.44. The normalized spacial score (nSPS) is 14.4. The van der Waals surface area contributed by atoms with Crippen molar-refractivity contribution in [1.29, 1.82) is 0 Å². The molecule has 1 aliphatic heterocycles. The van der Waals surface area contributed by atoms with Gasteiger partial charge in [-0.25, -0.2) is 13.6 Å². The third-order valence-corrected chi connectivity index (χ3v) is 4.98. The van der Waals surface area contributed by atoms with E-state index >= 15 is 0 Å². The lowest BCUT2D eigenvalue weighted by Crippen LogP contribution is -2.44. The molecule has 0 aliphatic carbocycles. The van der Waals surface area contributed by atoms with E-state index in [0.717, 1.165) is 18.6 Å². The lowest BCUT2D eigenvalue weighted by Gasteiger charge is -2.31. The van der Waals surface area contributed by atoms with E-state index in [1.54, 1.807) is 0 Å². The number of rotatable bonds is 5. The topological polar surface area (TPSA) is 70.7 Å². The van der Waals surface area contributed by atoms with Crippen LogP contribution in [0.2, 0.25) is 5.02 Å². The van der Waals surface area contributed by atoms with E-state index in [1.807, 2.05) is 0 Å². The minimum atomic E-state index is -4.79. The van der Waals surface area contributed by atoms with Crippen LogP contribution in [0, 0.1) is 11.6 Å². The number of likely N-dealkylation sites (tertiary alicyclic amines) is 1. The zero-order valence-corrected chi connectivity index (χ0v) is 17.3. The Hall–Kier alpha value is -3.08. The molecule has 1 aliphatic rings. The third-order valence-electron chi connectivity index (χ3n) is 4.66. The van der Waals surface area contributed by atoms with Crippen LogP contribution in [0.4, 0.5) is 38.1 Å². The lowest BCUT2D eigenvalue weighted by atomic mass is 10.1. The number of alkyl halides is 3. The summed E-state index contributed by atoms with van der Waals surface area (Å²) in [5.41, 5.74) is -1.57. The fraction of sp³-hybridized carbons (Fsp3) is 0.300. The number of carbonyl (C=O) groups is 2. The van der Waals surface area contributed by atoms with Crippen LogP contribution in [0.15, 0.2) is 30.3 Å². The van der Waals surface area contributed by atoms with Crippen molar-refractivity contribution in [2.24, 2.45) is 0 Å². The average molecular weight is 478 g/mol. The number of amides is 3. The zero-order valence-electron chi connectivity index (χ0n) is 16.5. The number of hydrogen-bond donors (Lipinski definition) is 2. The molecule has 6 nitrogen and oxygen atoms in total. The van der Waals surface area contributed by atoms with Crippen molar-refractivity contribution in [3.05, 3.63) is 52.6 Å². The summed E-state index contributed by atoms with van der Waals surface area (Å²) in [6.45, 7) is 1.59. The van der Waals surface area contributed by atoms with Crippen LogP contribution in [0.25, 0.3) is 0 Å². The monoisotopic (exact) mass is 477 g/mol. The maximum Gasteiger partial charge on any atom is 0.425 e. The fourth-order valence-electron chi connectivity index (χ4n) is 2.69. The van der Waals surface area contributed by atoms with Crippen LogP contribution in [-0.4, -0.2) is 42.2 Å². The number of halogens is 6. The molecule has 1 heterocycles. The van der Waals surface area contributed by atoms with Crippen LogP contribution >= 0.6 is 11.6 Å². The standard InChI is InChI=1S/C20H17ClF5N3O3/c1-10(20(24,25)26)32-16-9-15(27-19(31)29-6-3-7-29)14(23)8-11(16)18(30)28-17-12(21)4-2-5-13(17)22/h2,4-5,8-10H,3,6-7H2,1H3,(H,27,31)(H,28,30). The Morgan fingerprint density at radius 1 is 1.12 bits per heavy atom. The molecule has 12 heteroatoms. The SMILES string of the molecule is CC(Oc1cc(NC(=O)N2CCC2)c(F)cc1C(=O)Nc1c(F)cccc1Cl)C(F)(F)F. The zero-order chi connectivity index (χ0) is 23.6. The first-order valence-corrected chi connectivity index (χ1v) is 9.73. The number of nitrogens with one attached hydrogen (secondary N) is 2. The molecular weight excluding hydrogens is 461 g/mol. The van der Waals surface area contributed by atoms with Gasteiger partial charge in [0, 0.05) is 19.2 Å². The van der Waals surface area contributed by atoms with Crippen molar-refractivity contribution >= 4 is 34.9 Å². The highest BCUT2D eigenvalue weighted by atomic mass is 35.5. The molecule has 0 radical (unpaired) electrons. The largest absolute Gasteiger partial charge is 0.480 e. The number of urea groups is 1. The van der Waals surface area contributed by atoms with Crippen LogP contribution in [0.3, 0.4) is 0 Å². The van der Waals surface area contributed by atoms with E-state index in [1.165, 1.54) is 17.0 Å². The first-order valence-electron chi connectivity index (χ1n) is 9.35. The number of nitrogens with zero attached hydrogens (tertiary/aromatic N) is 1. The van der Waals surface area contributed by atoms with Crippen molar-refractivity contribution < 1.29 is 36.3 Å². The molecule has 1 saturated heterocycles. The Bertz CT molecular complexity index is 1020. The number of benzene rings is 2. The summed E-state index contributed by atoms with van der Waals surface area (Å²) in [5, 5.41) is 4.16. The molecule has 1 unspecified atom stereocenters. The van der Waals surface area contributed by atoms with Gasteiger partial charge in [-0.1, -0.05) is 17.7 Å². The maximum absolute atomic E-state index is 14.6. The van der Waals surface area contributed by atoms with Crippen LogP contribution in [-0.2, 0) is 0 Å². The highest BCUT2D eigenvalue weighted by molar-refractivity contribution is 6.34. The van der Waals surface area contributed by atoms with E-state index in [2.05, 4.69) is 10.6 Å². The fourth-order valence-corrected chi connectivity index (χ4v) is 2.90. The van der Waals surface area contributed by atoms with Crippen molar-refractivity contribution in [2.75, 3.05) is 23.7 Å². The van der Waals surface area contributed by atoms with Gasteiger partial charge in [0.05, 0.1) is 22.0 Å². The Morgan fingerprint density at radius 2 is 1.81 bits per heavy atom. The van der Waals surface area contributed by atoms with E-state index in [4.69, 9.17) is 16.3 Å². The number of ether oxygens (including phenoxy) is 1. The summed E-state index contributed by atoms with van der Waals surface area (Å²) in [7, 11) is 0. The molecule has 0 spiro atoms. The summed E-state index contributed by atoms with van der Waals surface area (Å²) in [5.74, 6) is -3.84. The van der Waals surface area contributed by atoms with Crippen molar-refractivity contribution in [1.82, 2.24) is 4.90 Å². The summed E-state index contributed by atoms with van der Waals surface area (Å²) in [6, 6.07) is 4.27. The summed E-state index contributed by atoms with van der Waals surface area (Å²) >= 11 is 5.85. The van der Waals surface area contributed by atoms with Gasteiger partial charge in [0.1, 0.15) is 17.4 Å². The Balaban J connectivity index is 1.96. The van der Waals surface area contributed by atoms with Gasteiger partial charge in [0.15, 0.2) is 6.10 Å². The maximum atomic E-state index is 14.6. The quantitative estimate of drug-likeness (QED) is 0.564. The van der Waals surface area contributed by atoms with Gasteiger partial charge in [-0.3, -0.25) is 4.79 Å². The molecule has 1 atom stereocenters. The van der Waals surface area contributed by atoms with Gasteiger partial charge >= 0.3 is 12.2 Å². The molecule has 3 amide bonds. The second kappa shape index (κ2) is 9.19. The first-order chi connectivity index (χ1) is 15.0. The van der Waals surface area contributed by atoms with Gasteiger partial charge in [-0.05, 0) is 31.5 Å². The smallest absolute Gasteiger partial charge is 0.425 e. The van der Waals surface area contributed by atoms with Gasteiger partial charge < -0.3 is 20.3 Å². The molecule has 2 aromatic rings. The van der Waals surface area contributed by atoms with Gasteiger partial charge in [-0.15, -0.1) is 0 Å².